The molecule has 30 heavy (non-hydrogen) atoms. The highest BCUT2D eigenvalue weighted by Gasteiger charge is 2.14. The standard InChI is InChI=1S/C23H27N3O4/c1-5-26(6-2)21-11-7-16(14-24-21)25-22(27)12-10-19-15(3)18-9-8-17(29-4)13-20(18)30-23(19)28/h7-9,11,13-14H,5-6,10,12H2,1-4H3,(H,25,27). The van der Waals surface area contributed by atoms with Crippen LogP contribution < -0.4 is 20.6 Å². The Morgan fingerprint density at radius 1 is 1.20 bits per heavy atom. The van der Waals surface area contributed by atoms with Crippen LogP contribution in [0.5, 0.6) is 5.75 Å². The Bertz CT molecular complexity index is 1090. The summed E-state index contributed by atoms with van der Waals surface area (Å²) in [7, 11) is 1.56. The lowest BCUT2D eigenvalue weighted by Crippen LogP contribution is -2.23. The van der Waals surface area contributed by atoms with Gasteiger partial charge in [-0.2, -0.15) is 0 Å². The van der Waals surface area contributed by atoms with Crippen LogP contribution in [-0.2, 0) is 11.2 Å². The van der Waals surface area contributed by atoms with E-state index in [1.807, 2.05) is 31.2 Å². The summed E-state index contributed by atoms with van der Waals surface area (Å²) in [5.41, 5.74) is 2.01. The third kappa shape index (κ3) is 4.62. The van der Waals surface area contributed by atoms with Gasteiger partial charge in [0.15, 0.2) is 0 Å². The first-order valence-electron chi connectivity index (χ1n) is 10.1. The van der Waals surface area contributed by atoms with Gasteiger partial charge in [0.2, 0.25) is 5.91 Å². The van der Waals surface area contributed by atoms with Crippen molar-refractivity contribution < 1.29 is 13.9 Å². The van der Waals surface area contributed by atoms with Crippen LogP contribution in [0.4, 0.5) is 11.5 Å². The van der Waals surface area contributed by atoms with Gasteiger partial charge in [-0.15, -0.1) is 0 Å². The first kappa shape index (κ1) is 21.4. The molecule has 0 aliphatic carbocycles. The molecule has 0 saturated carbocycles. The Hall–Kier alpha value is -3.35. The molecule has 0 bridgehead atoms. The molecule has 3 aromatic rings. The number of aryl methyl sites for hydroxylation is 1. The van der Waals surface area contributed by atoms with E-state index >= 15 is 0 Å². The molecule has 1 N–H and O–H groups in total. The fourth-order valence-electron chi connectivity index (χ4n) is 3.45. The number of pyridine rings is 1. The molecule has 0 saturated heterocycles. The van der Waals surface area contributed by atoms with E-state index in [0.717, 1.165) is 29.9 Å². The summed E-state index contributed by atoms with van der Waals surface area (Å²) in [6.07, 6.45) is 2.12. The van der Waals surface area contributed by atoms with E-state index in [-0.39, 0.29) is 12.3 Å². The Kier molecular flexibility index (Phi) is 6.72. The molecule has 2 aromatic heterocycles. The van der Waals surface area contributed by atoms with E-state index in [9.17, 15) is 9.59 Å². The summed E-state index contributed by atoms with van der Waals surface area (Å²) in [5, 5.41) is 3.67. The summed E-state index contributed by atoms with van der Waals surface area (Å²) >= 11 is 0. The maximum absolute atomic E-state index is 12.4. The fourth-order valence-corrected chi connectivity index (χ4v) is 3.45. The number of rotatable bonds is 8. The van der Waals surface area contributed by atoms with Crippen LogP contribution in [0.25, 0.3) is 11.0 Å². The maximum Gasteiger partial charge on any atom is 0.339 e. The Balaban J connectivity index is 1.68. The normalized spacial score (nSPS) is 10.8. The van der Waals surface area contributed by atoms with Gasteiger partial charge in [-0.25, -0.2) is 9.78 Å². The largest absolute Gasteiger partial charge is 0.497 e. The third-order valence-electron chi connectivity index (χ3n) is 5.22. The van der Waals surface area contributed by atoms with Crippen LogP contribution in [0, 0.1) is 6.92 Å². The molecule has 0 aliphatic heterocycles. The van der Waals surface area contributed by atoms with Crippen molar-refractivity contribution in [2.75, 3.05) is 30.4 Å². The quantitative estimate of drug-likeness (QED) is 0.568. The molecule has 7 heteroatoms. The van der Waals surface area contributed by atoms with Crippen LogP contribution in [-0.4, -0.2) is 31.1 Å². The monoisotopic (exact) mass is 409 g/mol. The summed E-state index contributed by atoms with van der Waals surface area (Å²) in [4.78, 5) is 31.3. The number of benzene rings is 1. The number of nitrogens with one attached hydrogen (secondary N) is 1. The van der Waals surface area contributed by atoms with Crippen molar-refractivity contribution in [2.45, 2.75) is 33.6 Å². The highest BCUT2D eigenvalue weighted by molar-refractivity contribution is 5.91. The molecule has 158 valence electrons. The molecule has 0 radical (unpaired) electrons. The Morgan fingerprint density at radius 3 is 2.60 bits per heavy atom. The summed E-state index contributed by atoms with van der Waals surface area (Å²) in [6.45, 7) is 7.76. The zero-order valence-corrected chi connectivity index (χ0v) is 17.8. The number of carbonyl (C=O) groups is 1. The van der Waals surface area contributed by atoms with Crippen molar-refractivity contribution in [1.29, 1.82) is 0 Å². The average Bonchev–Trinajstić information content (AvgIpc) is 2.75. The topological polar surface area (TPSA) is 84.7 Å². The number of hydrogen-bond acceptors (Lipinski definition) is 6. The minimum absolute atomic E-state index is 0.172. The molecule has 1 amide bonds. The summed E-state index contributed by atoms with van der Waals surface area (Å²) < 4.78 is 10.6. The van der Waals surface area contributed by atoms with Crippen LogP contribution >= 0.6 is 0 Å². The molecule has 3 rings (SSSR count). The minimum Gasteiger partial charge on any atom is -0.497 e. The number of amides is 1. The van der Waals surface area contributed by atoms with Gasteiger partial charge in [0.25, 0.3) is 0 Å². The number of ether oxygens (including phenoxy) is 1. The van der Waals surface area contributed by atoms with Gasteiger partial charge in [-0.3, -0.25) is 4.79 Å². The van der Waals surface area contributed by atoms with Crippen molar-refractivity contribution in [3.8, 4) is 5.75 Å². The Labute approximate surface area is 175 Å². The predicted octanol–water partition coefficient (Wildman–Crippen LogP) is 3.92. The van der Waals surface area contributed by atoms with Crippen LogP contribution in [0.3, 0.4) is 0 Å². The second-order valence-electron chi connectivity index (χ2n) is 6.98. The lowest BCUT2D eigenvalue weighted by atomic mass is 10.0. The van der Waals surface area contributed by atoms with Crippen molar-refractivity contribution in [3.63, 3.8) is 0 Å². The number of hydrogen-bond donors (Lipinski definition) is 1. The van der Waals surface area contributed by atoms with E-state index in [2.05, 4.69) is 29.0 Å². The van der Waals surface area contributed by atoms with Crippen molar-refractivity contribution >= 4 is 28.4 Å². The first-order valence-corrected chi connectivity index (χ1v) is 10.1. The highest BCUT2D eigenvalue weighted by atomic mass is 16.5. The molecule has 0 atom stereocenters. The van der Waals surface area contributed by atoms with Gasteiger partial charge in [0, 0.05) is 36.5 Å². The van der Waals surface area contributed by atoms with Crippen LogP contribution in [0.1, 0.15) is 31.4 Å². The lowest BCUT2D eigenvalue weighted by molar-refractivity contribution is -0.116. The van der Waals surface area contributed by atoms with E-state index in [1.54, 1.807) is 19.4 Å². The molecule has 0 unspecified atom stereocenters. The first-order chi connectivity index (χ1) is 14.5. The lowest BCUT2D eigenvalue weighted by Gasteiger charge is -2.19. The van der Waals surface area contributed by atoms with Crippen molar-refractivity contribution in [3.05, 3.63) is 58.1 Å². The third-order valence-corrected chi connectivity index (χ3v) is 5.22. The zero-order valence-electron chi connectivity index (χ0n) is 17.8. The van der Waals surface area contributed by atoms with Gasteiger partial charge in [0.1, 0.15) is 17.2 Å². The molecular weight excluding hydrogens is 382 g/mol. The molecule has 2 heterocycles. The average molecular weight is 409 g/mol. The van der Waals surface area contributed by atoms with Gasteiger partial charge >= 0.3 is 5.63 Å². The molecule has 0 spiro atoms. The van der Waals surface area contributed by atoms with Gasteiger partial charge in [-0.1, -0.05) is 0 Å². The number of carbonyl (C=O) groups excluding carboxylic acids is 1. The summed E-state index contributed by atoms with van der Waals surface area (Å²) in [6, 6.07) is 9.09. The molecular formula is C23H27N3O4. The van der Waals surface area contributed by atoms with Gasteiger partial charge < -0.3 is 19.4 Å². The fraction of sp³-hybridized carbons (Fsp3) is 0.348. The second kappa shape index (κ2) is 9.43. The van der Waals surface area contributed by atoms with Crippen molar-refractivity contribution in [2.24, 2.45) is 0 Å². The van der Waals surface area contributed by atoms with E-state index < -0.39 is 5.63 Å². The van der Waals surface area contributed by atoms with Crippen LogP contribution in [0.2, 0.25) is 0 Å². The van der Waals surface area contributed by atoms with Crippen LogP contribution in [0.15, 0.2) is 45.7 Å². The zero-order chi connectivity index (χ0) is 21.7. The van der Waals surface area contributed by atoms with Gasteiger partial charge in [-0.05, 0) is 57.0 Å². The molecule has 7 nitrogen and oxygen atoms in total. The smallest absolute Gasteiger partial charge is 0.339 e. The number of anilines is 2. The molecule has 0 aliphatic rings. The number of fused-ring (bicyclic) bond motifs is 1. The number of aromatic nitrogens is 1. The van der Waals surface area contributed by atoms with E-state index in [0.29, 0.717) is 29.0 Å². The second-order valence-corrected chi connectivity index (χ2v) is 6.98. The van der Waals surface area contributed by atoms with E-state index in [1.165, 1.54) is 0 Å². The number of nitrogens with zero attached hydrogens (tertiary/aromatic N) is 2. The predicted molar refractivity (Wildman–Crippen MR) is 119 cm³/mol. The number of methoxy groups -OCH3 is 1. The molecule has 0 fully saturated rings. The Morgan fingerprint density at radius 2 is 1.97 bits per heavy atom. The summed E-state index contributed by atoms with van der Waals surface area (Å²) in [5.74, 6) is 1.32. The SMILES string of the molecule is CCN(CC)c1ccc(NC(=O)CCc2c(C)c3ccc(OC)cc3oc2=O)cn1. The van der Waals surface area contributed by atoms with Crippen molar-refractivity contribution in [1.82, 2.24) is 4.98 Å². The van der Waals surface area contributed by atoms with Gasteiger partial charge in [0.05, 0.1) is 19.0 Å². The maximum atomic E-state index is 12.4. The highest BCUT2D eigenvalue weighted by Crippen LogP contribution is 2.24. The van der Waals surface area contributed by atoms with E-state index in [4.69, 9.17) is 9.15 Å². The molecule has 1 aromatic carbocycles. The minimum atomic E-state index is -0.425.